The lowest BCUT2D eigenvalue weighted by Crippen LogP contribution is -2.18. The Morgan fingerprint density at radius 2 is 2.00 bits per heavy atom. The number of rotatable bonds is 8. The summed E-state index contributed by atoms with van der Waals surface area (Å²) in [6.07, 6.45) is 1.35. The summed E-state index contributed by atoms with van der Waals surface area (Å²) in [6, 6.07) is 10.6. The summed E-state index contributed by atoms with van der Waals surface area (Å²) < 4.78 is 19.2. The van der Waals surface area contributed by atoms with E-state index in [0.29, 0.717) is 22.4 Å². The van der Waals surface area contributed by atoms with Gasteiger partial charge in [0.25, 0.3) is 0 Å². The van der Waals surface area contributed by atoms with Crippen molar-refractivity contribution in [2.75, 3.05) is 6.61 Å². The summed E-state index contributed by atoms with van der Waals surface area (Å²) in [5.41, 5.74) is 1.04. The zero-order valence-electron chi connectivity index (χ0n) is 14.3. The first kappa shape index (κ1) is 20.7. The molecule has 2 rings (SSSR count). The number of aliphatic carboxylic acids is 1. The van der Waals surface area contributed by atoms with Gasteiger partial charge in [-0.1, -0.05) is 52.6 Å². The van der Waals surface area contributed by atoms with Crippen molar-refractivity contribution in [3.63, 3.8) is 0 Å². The van der Waals surface area contributed by atoms with Gasteiger partial charge in [-0.25, -0.2) is 9.18 Å². The number of carbonyl (C=O) groups is 1. The van der Waals surface area contributed by atoms with Gasteiger partial charge in [0.2, 0.25) is 0 Å². The first-order valence-electron chi connectivity index (χ1n) is 7.89. The molecule has 0 heterocycles. The SMILES string of the molecule is CCON=C(C(=O)O)c1ccccc1COc1ccc(F)cc1C=C(Cl)Cl. The van der Waals surface area contributed by atoms with Gasteiger partial charge < -0.3 is 14.7 Å². The third-order valence-electron chi connectivity index (χ3n) is 3.38. The fourth-order valence-electron chi connectivity index (χ4n) is 2.25. The van der Waals surface area contributed by atoms with E-state index in [2.05, 4.69) is 5.16 Å². The molecule has 27 heavy (non-hydrogen) atoms. The highest BCUT2D eigenvalue weighted by atomic mass is 35.5. The first-order chi connectivity index (χ1) is 12.9. The number of carboxylic acids is 1. The number of hydrogen-bond acceptors (Lipinski definition) is 4. The van der Waals surface area contributed by atoms with Crippen molar-refractivity contribution >= 4 is 41.0 Å². The van der Waals surface area contributed by atoms with Gasteiger partial charge in [0.15, 0.2) is 5.71 Å². The third kappa shape index (κ3) is 5.98. The van der Waals surface area contributed by atoms with E-state index in [0.717, 1.165) is 0 Å². The second-order valence-electron chi connectivity index (χ2n) is 5.22. The molecule has 1 N–H and O–H groups in total. The van der Waals surface area contributed by atoms with Crippen LogP contribution in [-0.4, -0.2) is 23.4 Å². The highest BCUT2D eigenvalue weighted by molar-refractivity contribution is 6.57. The molecule has 5 nitrogen and oxygen atoms in total. The van der Waals surface area contributed by atoms with E-state index < -0.39 is 11.8 Å². The van der Waals surface area contributed by atoms with Crippen LogP contribution in [0.1, 0.15) is 23.6 Å². The number of benzene rings is 2. The Bertz CT molecular complexity index is 880. The van der Waals surface area contributed by atoms with Crippen LogP contribution < -0.4 is 4.74 Å². The van der Waals surface area contributed by atoms with Crippen LogP contribution in [0.3, 0.4) is 0 Å². The minimum absolute atomic E-state index is 0.0149. The van der Waals surface area contributed by atoms with Crippen LogP contribution in [0.25, 0.3) is 6.08 Å². The van der Waals surface area contributed by atoms with E-state index in [1.807, 2.05) is 0 Å². The Hall–Kier alpha value is -2.57. The van der Waals surface area contributed by atoms with Gasteiger partial charge in [0.05, 0.1) is 0 Å². The maximum Gasteiger partial charge on any atom is 0.358 e. The predicted octanol–water partition coefficient (Wildman–Crippen LogP) is 5.01. The number of hydrogen-bond donors (Lipinski definition) is 1. The standard InChI is InChI=1S/C19H16Cl2FNO4/c1-2-27-23-18(19(24)25)15-6-4-3-5-12(15)11-26-16-8-7-14(22)9-13(16)10-17(20)21/h3-10H,2,11H2,1H3,(H,24,25). The van der Waals surface area contributed by atoms with Crippen LogP contribution in [0, 0.1) is 5.82 Å². The lowest BCUT2D eigenvalue weighted by molar-refractivity contribution is -0.129. The lowest BCUT2D eigenvalue weighted by Gasteiger charge is -2.13. The van der Waals surface area contributed by atoms with Crippen LogP contribution in [-0.2, 0) is 16.2 Å². The molecule has 2 aromatic carbocycles. The number of halogens is 3. The van der Waals surface area contributed by atoms with Crippen LogP contribution in [0.4, 0.5) is 4.39 Å². The van der Waals surface area contributed by atoms with Gasteiger partial charge in [0, 0.05) is 11.1 Å². The minimum Gasteiger partial charge on any atom is -0.488 e. The van der Waals surface area contributed by atoms with Crippen LogP contribution in [0.5, 0.6) is 5.75 Å². The normalized spacial score (nSPS) is 11.0. The summed E-state index contributed by atoms with van der Waals surface area (Å²) in [6.45, 7) is 1.95. The second-order valence-corrected chi connectivity index (χ2v) is 6.23. The molecule has 0 unspecified atom stereocenters. The van der Waals surface area contributed by atoms with Crippen molar-refractivity contribution in [1.29, 1.82) is 0 Å². The predicted molar refractivity (Wildman–Crippen MR) is 103 cm³/mol. The van der Waals surface area contributed by atoms with Crippen molar-refractivity contribution in [3.05, 3.63) is 69.5 Å². The fourth-order valence-corrected chi connectivity index (χ4v) is 2.48. The van der Waals surface area contributed by atoms with Gasteiger partial charge in [-0.2, -0.15) is 0 Å². The monoisotopic (exact) mass is 411 g/mol. The van der Waals surface area contributed by atoms with Gasteiger partial charge in [0.1, 0.15) is 29.3 Å². The molecule has 0 aliphatic carbocycles. The third-order valence-corrected chi connectivity index (χ3v) is 3.60. The number of carboxylic acid groups (broad SMARTS) is 1. The Balaban J connectivity index is 2.33. The van der Waals surface area contributed by atoms with Gasteiger partial charge in [-0.3, -0.25) is 0 Å². The molecule has 0 saturated heterocycles. The van der Waals surface area contributed by atoms with E-state index in [1.165, 1.54) is 24.3 Å². The molecule has 2 aromatic rings. The van der Waals surface area contributed by atoms with E-state index in [9.17, 15) is 14.3 Å². The van der Waals surface area contributed by atoms with Gasteiger partial charge >= 0.3 is 5.97 Å². The van der Waals surface area contributed by atoms with Crippen molar-refractivity contribution in [2.45, 2.75) is 13.5 Å². The Morgan fingerprint density at radius 1 is 1.26 bits per heavy atom. The molecule has 0 bridgehead atoms. The summed E-state index contributed by atoms with van der Waals surface area (Å²) in [5.74, 6) is -1.36. The maximum absolute atomic E-state index is 13.5. The summed E-state index contributed by atoms with van der Waals surface area (Å²) >= 11 is 11.3. The highest BCUT2D eigenvalue weighted by Gasteiger charge is 2.18. The molecule has 0 aromatic heterocycles. The number of oxime groups is 1. The van der Waals surface area contributed by atoms with Gasteiger partial charge in [-0.05, 0) is 36.8 Å². The molecule has 0 fully saturated rings. The summed E-state index contributed by atoms with van der Waals surface area (Å²) in [4.78, 5) is 16.4. The Morgan fingerprint density at radius 3 is 2.67 bits per heavy atom. The molecular formula is C19H16Cl2FNO4. The Kier molecular flexibility index (Phi) is 7.64. The maximum atomic E-state index is 13.5. The second kappa shape index (κ2) is 9.94. The van der Waals surface area contributed by atoms with Gasteiger partial charge in [-0.15, -0.1) is 0 Å². The molecule has 0 spiro atoms. The van der Waals surface area contributed by atoms with Crippen LogP contribution in [0.15, 0.2) is 52.1 Å². The highest BCUT2D eigenvalue weighted by Crippen LogP contribution is 2.26. The largest absolute Gasteiger partial charge is 0.488 e. The van der Waals surface area contributed by atoms with Crippen molar-refractivity contribution in [1.82, 2.24) is 0 Å². The van der Waals surface area contributed by atoms with E-state index in [4.69, 9.17) is 32.8 Å². The number of nitrogens with zero attached hydrogens (tertiary/aromatic N) is 1. The summed E-state index contributed by atoms with van der Waals surface area (Å²) in [5, 5.41) is 13.1. The van der Waals surface area contributed by atoms with Crippen molar-refractivity contribution < 1.29 is 23.9 Å². The topological polar surface area (TPSA) is 68.1 Å². The molecule has 0 aliphatic rings. The van der Waals surface area contributed by atoms with Crippen molar-refractivity contribution in [2.24, 2.45) is 5.16 Å². The average Bonchev–Trinajstić information content (AvgIpc) is 2.61. The molecule has 142 valence electrons. The zero-order chi connectivity index (χ0) is 19.8. The zero-order valence-corrected chi connectivity index (χ0v) is 15.8. The van der Waals surface area contributed by atoms with Crippen molar-refractivity contribution in [3.8, 4) is 5.75 Å². The van der Waals surface area contributed by atoms with Crippen LogP contribution in [0.2, 0.25) is 0 Å². The average molecular weight is 412 g/mol. The molecular weight excluding hydrogens is 396 g/mol. The molecule has 0 aliphatic heterocycles. The summed E-state index contributed by atoms with van der Waals surface area (Å²) in [7, 11) is 0. The van der Waals surface area contributed by atoms with E-state index in [1.54, 1.807) is 31.2 Å². The minimum atomic E-state index is -1.23. The first-order valence-corrected chi connectivity index (χ1v) is 8.64. The Labute approximate surface area is 165 Å². The smallest absolute Gasteiger partial charge is 0.358 e. The molecule has 0 radical (unpaired) electrons. The van der Waals surface area contributed by atoms with E-state index >= 15 is 0 Å². The quantitative estimate of drug-likeness (QED) is 0.489. The number of ether oxygens (including phenoxy) is 1. The molecule has 0 saturated carbocycles. The fraction of sp³-hybridized carbons (Fsp3) is 0.158. The molecule has 0 atom stereocenters. The molecule has 8 heteroatoms. The van der Waals surface area contributed by atoms with Crippen LogP contribution >= 0.6 is 23.2 Å². The van der Waals surface area contributed by atoms with E-state index in [-0.39, 0.29) is 23.4 Å². The lowest BCUT2D eigenvalue weighted by atomic mass is 10.0. The molecule has 0 amide bonds.